The van der Waals surface area contributed by atoms with Crippen LogP contribution in [0.4, 0.5) is 5.69 Å². The summed E-state index contributed by atoms with van der Waals surface area (Å²) in [6.07, 6.45) is 4.53. The second-order valence-electron chi connectivity index (χ2n) is 5.79. The summed E-state index contributed by atoms with van der Waals surface area (Å²) in [4.78, 5) is 16.5. The molecule has 1 fully saturated rings. The molecule has 1 saturated carbocycles. The highest BCUT2D eigenvalue weighted by Crippen LogP contribution is 2.47. The maximum absolute atomic E-state index is 12.4. The SMILES string of the molecule is O=C(Nc1ccc2cnccc2c1)[C@H]1CC1c1ccccc1. The van der Waals surface area contributed by atoms with Gasteiger partial charge in [-0.1, -0.05) is 36.4 Å². The molecule has 1 amide bonds. The Labute approximate surface area is 129 Å². The molecular formula is C19H16N2O. The first kappa shape index (κ1) is 13.0. The zero-order valence-electron chi connectivity index (χ0n) is 12.1. The van der Waals surface area contributed by atoms with Gasteiger partial charge in [-0.15, -0.1) is 0 Å². The molecule has 1 unspecified atom stereocenters. The van der Waals surface area contributed by atoms with E-state index in [1.807, 2.05) is 48.7 Å². The highest BCUT2D eigenvalue weighted by Gasteiger charge is 2.43. The lowest BCUT2D eigenvalue weighted by Gasteiger charge is -2.06. The van der Waals surface area contributed by atoms with Crippen LogP contribution in [0.25, 0.3) is 10.8 Å². The number of fused-ring (bicyclic) bond motifs is 1. The Hall–Kier alpha value is -2.68. The van der Waals surface area contributed by atoms with Crippen LogP contribution in [0, 0.1) is 5.92 Å². The number of hydrogen-bond donors (Lipinski definition) is 1. The van der Waals surface area contributed by atoms with Gasteiger partial charge in [-0.2, -0.15) is 0 Å². The molecule has 1 aliphatic rings. The molecule has 2 atom stereocenters. The largest absolute Gasteiger partial charge is 0.326 e. The minimum absolute atomic E-state index is 0.0931. The fraction of sp³-hybridized carbons (Fsp3) is 0.158. The number of nitrogens with zero attached hydrogens (tertiary/aromatic N) is 1. The van der Waals surface area contributed by atoms with E-state index >= 15 is 0 Å². The maximum atomic E-state index is 12.4. The predicted octanol–water partition coefficient (Wildman–Crippen LogP) is 3.98. The monoisotopic (exact) mass is 288 g/mol. The molecule has 1 aliphatic carbocycles. The topological polar surface area (TPSA) is 42.0 Å². The second kappa shape index (κ2) is 5.26. The third-order valence-corrected chi connectivity index (χ3v) is 4.26. The van der Waals surface area contributed by atoms with E-state index in [0.29, 0.717) is 5.92 Å². The van der Waals surface area contributed by atoms with Crippen molar-refractivity contribution < 1.29 is 4.79 Å². The summed E-state index contributed by atoms with van der Waals surface area (Å²) in [6.45, 7) is 0. The Morgan fingerprint density at radius 2 is 1.91 bits per heavy atom. The first-order valence-electron chi connectivity index (χ1n) is 7.51. The van der Waals surface area contributed by atoms with Crippen LogP contribution in [0.2, 0.25) is 0 Å². The molecule has 3 heteroatoms. The quantitative estimate of drug-likeness (QED) is 0.792. The van der Waals surface area contributed by atoms with Crippen molar-refractivity contribution in [2.45, 2.75) is 12.3 Å². The number of carbonyl (C=O) groups excluding carboxylic acids is 1. The second-order valence-corrected chi connectivity index (χ2v) is 5.79. The van der Waals surface area contributed by atoms with E-state index in [1.54, 1.807) is 6.20 Å². The normalized spacial score (nSPS) is 19.8. The third-order valence-electron chi connectivity index (χ3n) is 4.26. The lowest BCUT2D eigenvalue weighted by atomic mass is 10.1. The fourth-order valence-electron chi connectivity index (χ4n) is 2.95. The number of carbonyl (C=O) groups is 1. The molecule has 0 aliphatic heterocycles. The third kappa shape index (κ3) is 2.46. The van der Waals surface area contributed by atoms with Crippen LogP contribution in [0.5, 0.6) is 0 Å². The van der Waals surface area contributed by atoms with Gasteiger partial charge in [0, 0.05) is 29.4 Å². The van der Waals surface area contributed by atoms with Crippen molar-refractivity contribution in [2.75, 3.05) is 5.32 Å². The van der Waals surface area contributed by atoms with Gasteiger partial charge in [-0.3, -0.25) is 9.78 Å². The van der Waals surface area contributed by atoms with E-state index in [9.17, 15) is 4.79 Å². The van der Waals surface area contributed by atoms with Crippen LogP contribution >= 0.6 is 0 Å². The Bertz CT molecular complexity index is 829. The van der Waals surface area contributed by atoms with E-state index in [-0.39, 0.29) is 11.8 Å². The molecule has 2 aromatic carbocycles. The van der Waals surface area contributed by atoms with Crippen LogP contribution in [0.15, 0.2) is 67.0 Å². The Kier molecular flexibility index (Phi) is 3.11. The van der Waals surface area contributed by atoms with E-state index in [2.05, 4.69) is 22.4 Å². The summed E-state index contributed by atoms with van der Waals surface area (Å²) in [7, 11) is 0. The van der Waals surface area contributed by atoms with Gasteiger partial charge < -0.3 is 5.32 Å². The number of rotatable bonds is 3. The van der Waals surface area contributed by atoms with Crippen LogP contribution < -0.4 is 5.32 Å². The molecule has 0 radical (unpaired) electrons. The van der Waals surface area contributed by atoms with Crippen LogP contribution in [0.1, 0.15) is 17.9 Å². The number of anilines is 1. The molecule has 1 N–H and O–H groups in total. The molecule has 3 nitrogen and oxygen atoms in total. The number of hydrogen-bond acceptors (Lipinski definition) is 2. The number of benzene rings is 2. The summed E-state index contributed by atoms with van der Waals surface area (Å²) < 4.78 is 0. The van der Waals surface area contributed by atoms with Gasteiger partial charge in [0.25, 0.3) is 0 Å². The van der Waals surface area contributed by atoms with Crippen molar-refractivity contribution in [3.8, 4) is 0 Å². The van der Waals surface area contributed by atoms with Gasteiger partial charge in [-0.05, 0) is 41.5 Å². The molecular weight excluding hydrogens is 272 g/mol. The Morgan fingerprint density at radius 3 is 2.77 bits per heavy atom. The van der Waals surface area contributed by atoms with Gasteiger partial charge in [0.05, 0.1) is 0 Å². The van der Waals surface area contributed by atoms with Crippen molar-refractivity contribution in [3.05, 3.63) is 72.6 Å². The van der Waals surface area contributed by atoms with Crippen molar-refractivity contribution >= 4 is 22.4 Å². The number of nitrogens with one attached hydrogen (secondary N) is 1. The minimum atomic E-state index is 0.0931. The summed E-state index contributed by atoms with van der Waals surface area (Å²) in [5.74, 6) is 0.573. The van der Waals surface area contributed by atoms with Gasteiger partial charge in [-0.25, -0.2) is 0 Å². The maximum Gasteiger partial charge on any atom is 0.228 e. The molecule has 1 aromatic heterocycles. The van der Waals surface area contributed by atoms with Gasteiger partial charge in [0.1, 0.15) is 0 Å². The predicted molar refractivity (Wildman–Crippen MR) is 87.7 cm³/mol. The summed E-state index contributed by atoms with van der Waals surface area (Å²) in [6, 6.07) is 18.1. The fourth-order valence-corrected chi connectivity index (χ4v) is 2.95. The molecule has 22 heavy (non-hydrogen) atoms. The number of aromatic nitrogens is 1. The van der Waals surface area contributed by atoms with Crippen molar-refractivity contribution in [3.63, 3.8) is 0 Å². The summed E-state index contributed by atoms with van der Waals surface area (Å²) in [5, 5.41) is 5.20. The van der Waals surface area contributed by atoms with E-state index in [1.165, 1.54) is 5.56 Å². The Balaban J connectivity index is 1.48. The van der Waals surface area contributed by atoms with Crippen LogP contribution in [-0.2, 0) is 4.79 Å². The zero-order chi connectivity index (χ0) is 14.9. The highest BCUT2D eigenvalue weighted by atomic mass is 16.2. The lowest BCUT2D eigenvalue weighted by molar-refractivity contribution is -0.117. The molecule has 0 bridgehead atoms. The summed E-state index contributed by atoms with van der Waals surface area (Å²) >= 11 is 0. The van der Waals surface area contributed by atoms with Gasteiger partial charge in [0.15, 0.2) is 0 Å². The molecule has 0 spiro atoms. The molecule has 3 aromatic rings. The molecule has 0 saturated heterocycles. The standard InChI is InChI=1S/C19H16N2O/c22-19(18-11-17(18)13-4-2-1-3-5-13)21-16-7-6-15-12-20-9-8-14(15)10-16/h1-10,12,17-18H,11H2,(H,21,22)/t17?,18-/m0/s1. The first-order chi connectivity index (χ1) is 10.8. The highest BCUT2D eigenvalue weighted by molar-refractivity contribution is 5.97. The van der Waals surface area contributed by atoms with E-state index in [4.69, 9.17) is 0 Å². The average Bonchev–Trinajstić information content (AvgIpc) is 3.36. The molecule has 4 rings (SSSR count). The van der Waals surface area contributed by atoms with Crippen molar-refractivity contribution in [1.82, 2.24) is 4.98 Å². The van der Waals surface area contributed by atoms with Gasteiger partial charge >= 0.3 is 0 Å². The lowest BCUT2D eigenvalue weighted by Crippen LogP contribution is -2.14. The average molecular weight is 288 g/mol. The van der Waals surface area contributed by atoms with Crippen molar-refractivity contribution in [1.29, 1.82) is 0 Å². The number of pyridine rings is 1. The first-order valence-corrected chi connectivity index (χ1v) is 7.51. The van der Waals surface area contributed by atoms with E-state index < -0.39 is 0 Å². The number of amides is 1. The van der Waals surface area contributed by atoms with Crippen LogP contribution in [-0.4, -0.2) is 10.9 Å². The van der Waals surface area contributed by atoms with Gasteiger partial charge in [0.2, 0.25) is 5.91 Å². The molecule has 1 heterocycles. The van der Waals surface area contributed by atoms with E-state index in [0.717, 1.165) is 22.9 Å². The zero-order valence-corrected chi connectivity index (χ0v) is 12.1. The smallest absolute Gasteiger partial charge is 0.228 e. The van der Waals surface area contributed by atoms with Crippen LogP contribution in [0.3, 0.4) is 0 Å². The summed E-state index contributed by atoms with van der Waals surface area (Å²) in [5.41, 5.74) is 2.11. The Morgan fingerprint density at radius 1 is 1.05 bits per heavy atom. The molecule has 108 valence electrons. The minimum Gasteiger partial charge on any atom is -0.326 e. The van der Waals surface area contributed by atoms with Crippen molar-refractivity contribution in [2.24, 2.45) is 5.92 Å².